The molecule has 10 heteroatoms. The Labute approximate surface area is 216 Å². The van der Waals surface area contributed by atoms with Crippen molar-refractivity contribution in [2.45, 2.75) is 6.54 Å². The smallest absolute Gasteiger partial charge is 0.292 e. The third-order valence-electron chi connectivity index (χ3n) is 6.58. The van der Waals surface area contributed by atoms with Crippen LogP contribution in [0.2, 0.25) is 0 Å². The van der Waals surface area contributed by atoms with Gasteiger partial charge in [0.2, 0.25) is 0 Å². The first-order chi connectivity index (χ1) is 18.0. The zero-order valence-electron chi connectivity index (χ0n) is 20.7. The van der Waals surface area contributed by atoms with Gasteiger partial charge in [-0.1, -0.05) is 54.6 Å². The molecule has 0 aliphatic carbocycles. The van der Waals surface area contributed by atoms with E-state index in [1.807, 2.05) is 30.3 Å². The van der Waals surface area contributed by atoms with Crippen LogP contribution >= 0.6 is 0 Å². The van der Waals surface area contributed by atoms with Crippen LogP contribution in [0.5, 0.6) is 0 Å². The molecular formula is C27H32N6O4. The lowest BCUT2D eigenvalue weighted by Crippen LogP contribution is -2.46. The van der Waals surface area contributed by atoms with E-state index in [1.165, 1.54) is 5.56 Å². The molecule has 0 aromatic heterocycles. The summed E-state index contributed by atoms with van der Waals surface area (Å²) in [7, 11) is 0. The minimum atomic E-state index is -0.322. The van der Waals surface area contributed by atoms with Crippen LogP contribution < -0.4 is 15.1 Å². The van der Waals surface area contributed by atoms with E-state index in [-0.39, 0.29) is 21.2 Å². The zero-order valence-corrected chi connectivity index (χ0v) is 20.7. The monoisotopic (exact) mass is 504 g/mol. The van der Waals surface area contributed by atoms with Crippen molar-refractivity contribution >= 4 is 22.7 Å². The molecule has 5 rings (SSSR count). The SMILES string of the molecule is O=[N+]([O-])c1ccccc1N1CCN(Cc2ccccc2)CC1.O=[N+]([O-])c1ccccc1N1CCNCC1. The number of anilines is 2. The third-order valence-corrected chi connectivity index (χ3v) is 6.58. The molecule has 194 valence electrons. The molecular weight excluding hydrogens is 472 g/mol. The maximum atomic E-state index is 11.1. The molecule has 2 saturated heterocycles. The van der Waals surface area contributed by atoms with Crippen molar-refractivity contribution in [3.63, 3.8) is 0 Å². The minimum absolute atomic E-state index is 0.194. The molecule has 0 amide bonds. The molecule has 0 saturated carbocycles. The van der Waals surface area contributed by atoms with E-state index in [9.17, 15) is 20.2 Å². The number of nitro groups is 2. The normalized spacial score (nSPS) is 16.0. The van der Waals surface area contributed by atoms with Crippen molar-refractivity contribution in [2.75, 3.05) is 62.2 Å². The highest BCUT2D eigenvalue weighted by atomic mass is 16.6. The highest BCUT2D eigenvalue weighted by molar-refractivity contribution is 5.64. The number of benzene rings is 3. The summed E-state index contributed by atoms with van der Waals surface area (Å²) in [5.74, 6) is 0. The Bertz CT molecular complexity index is 1180. The van der Waals surface area contributed by atoms with Gasteiger partial charge in [0.05, 0.1) is 9.85 Å². The molecule has 0 atom stereocenters. The van der Waals surface area contributed by atoms with Crippen molar-refractivity contribution in [3.05, 3.63) is 105 Å². The van der Waals surface area contributed by atoms with Crippen molar-refractivity contribution in [2.24, 2.45) is 0 Å². The average molecular weight is 505 g/mol. The first-order valence-electron chi connectivity index (χ1n) is 12.5. The number of hydrogen-bond donors (Lipinski definition) is 1. The lowest BCUT2D eigenvalue weighted by atomic mass is 10.2. The van der Waals surface area contributed by atoms with Gasteiger partial charge in [0.15, 0.2) is 0 Å². The molecule has 2 heterocycles. The topological polar surface area (TPSA) is 108 Å². The second-order valence-electron chi connectivity index (χ2n) is 8.98. The summed E-state index contributed by atoms with van der Waals surface area (Å²) in [5, 5.41) is 25.2. The van der Waals surface area contributed by atoms with E-state index in [4.69, 9.17) is 0 Å². The van der Waals surface area contributed by atoms with Gasteiger partial charge in [0, 0.05) is 71.0 Å². The quantitative estimate of drug-likeness (QED) is 0.398. The summed E-state index contributed by atoms with van der Waals surface area (Å²) < 4.78 is 0. The predicted octanol–water partition coefficient (Wildman–Crippen LogP) is 3.92. The molecule has 3 aromatic carbocycles. The molecule has 37 heavy (non-hydrogen) atoms. The summed E-state index contributed by atoms with van der Waals surface area (Å²) in [6.45, 7) is 7.82. The standard InChI is InChI=1S/C17H19N3O2.C10H13N3O2/c21-20(22)17-9-5-4-8-16(17)19-12-10-18(11-13-19)14-15-6-2-1-3-7-15;14-13(15)10-4-2-1-3-9(10)12-7-5-11-6-8-12/h1-9H,10-14H2;1-4,11H,5-8H2. The van der Waals surface area contributed by atoms with Crippen LogP contribution in [-0.2, 0) is 6.54 Å². The van der Waals surface area contributed by atoms with Crippen LogP contribution in [-0.4, -0.2) is 67.1 Å². The number of nitrogens with one attached hydrogen (secondary N) is 1. The Morgan fingerprint density at radius 2 is 1.08 bits per heavy atom. The largest absolute Gasteiger partial charge is 0.363 e. The molecule has 2 fully saturated rings. The van der Waals surface area contributed by atoms with Crippen LogP contribution in [0.3, 0.4) is 0 Å². The van der Waals surface area contributed by atoms with Gasteiger partial charge in [-0.25, -0.2) is 0 Å². The Balaban J connectivity index is 0.000000186. The van der Waals surface area contributed by atoms with Gasteiger partial charge in [-0.2, -0.15) is 0 Å². The van der Waals surface area contributed by atoms with Gasteiger partial charge < -0.3 is 15.1 Å². The van der Waals surface area contributed by atoms with Crippen LogP contribution in [0.1, 0.15) is 5.56 Å². The van der Waals surface area contributed by atoms with E-state index < -0.39 is 0 Å². The second-order valence-corrected chi connectivity index (χ2v) is 8.98. The number of rotatable bonds is 6. The van der Waals surface area contributed by atoms with Crippen molar-refractivity contribution in [1.29, 1.82) is 0 Å². The minimum Gasteiger partial charge on any atom is -0.363 e. The fourth-order valence-electron chi connectivity index (χ4n) is 4.67. The number of hydrogen-bond acceptors (Lipinski definition) is 8. The fraction of sp³-hybridized carbons (Fsp3) is 0.333. The maximum Gasteiger partial charge on any atom is 0.292 e. The van der Waals surface area contributed by atoms with E-state index in [0.29, 0.717) is 0 Å². The van der Waals surface area contributed by atoms with Crippen LogP contribution in [0, 0.1) is 20.2 Å². The summed E-state index contributed by atoms with van der Waals surface area (Å²) in [4.78, 5) is 27.9. The Morgan fingerprint density at radius 1 is 0.622 bits per heavy atom. The van der Waals surface area contributed by atoms with E-state index >= 15 is 0 Å². The Kier molecular flexibility index (Phi) is 9.01. The summed E-state index contributed by atoms with van der Waals surface area (Å²) in [6, 6.07) is 24.3. The maximum absolute atomic E-state index is 11.1. The number of nitro benzene ring substituents is 2. The lowest BCUT2D eigenvalue weighted by Gasteiger charge is -2.35. The van der Waals surface area contributed by atoms with Crippen molar-refractivity contribution < 1.29 is 9.85 Å². The molecule has 0 bridgehead atoms. The summed E-state index contributed by atoms with van der Waals surface area (Å²) in [6.07, 6.45) is 0. The average Bonchev–Trinajstić information content (AvgIpc) is 2.95. The highest BCUT2D eigenvalue weighted by Gasteiger charge is 2.23. The molecule has 2 aliphatic heterocycles. The molecule has 3 aromatic rings. The summed E-state index contributed by atoms with van der Waals surface area (Å²) in [5.41, 5.74) is 3.15. The molecule has 0 spiro atoms. The van der Waals surface area contributed by atoms with Gasteiger partial charge in [-0.15, -0.1) is 0 Å². The predicted molar refractivity (Wildman–Crippen MR) is 145 cm³/mol. The Hall–Kier alpha value is -4.02. The van der Waals surface area contributed by atoms with Gasteiger partial charge in [-0.05, 0) is 17.7 Å². The molecule has 0 unspecified atom stereocenters. The Morgan fingerprint density at radius 3 is 1.59 bits per heavy atom. The first kappa shape index (κ1) is 26.1. The highest BCUT2D eigenvalue weighted by Crippen LogP contribution is 2.29. The van der Waals surface area contributed by atoms with Gasteiger partial charge in [0.1, 0.15) is 11.4 Å². The first-order valence-corrected chi connectivity index (χ1v) is 12.5. The van der Waals surface area contributed by atoms with Crippen molar-refractivity contribution in [1.82, 2.24) is 10.2 Å². The lowest BCUT2D eigenvalue weighted by molar-refractivity contribution is -0.384. The molecule has 0 radical (unpaired) electrons. The van der Waals surface area contributed by atoms with E-state index in [0.717, 1.165) is 70.3 Å². The van der Waals surface area contributed by atoms with Gasteiger partial charge in [0.25, 0.3) is 11.4 Å². The third kappa shape index (κ3) is 7.02. The van der Waals surface area contributed by atoms with Crippen LogP contribution in [0.25, 0.3) is 0 Å². The number of piperazine rings is 2. The summed E-state index contributed by atoms with van der Waals surface area (Å²) >= 11 is 0. The molecule has 10 nitrogen and oxygen atoms in total. The van der Waals surface area contributed by atoms with Gasteiger partial charge >= 0.3 is 0 Å². The van der Waals surface area contributed by atoms with Crippen LogP contribution in [0.15, 0.2) is 78.9 Å². The number of para-hydroxylation sites is 4. The second kappa shape index (κ2) is 12.8. The van der Waals surface area contributed by atoms with Crippen LogP contribution in [0.4, 0.5) is 22.7 Å². The van der Waals surface area contributed by atoms with E-state index in [2.05, 4.69) is 44.3 Å². The van der Waals surface area contributed by atoms with Crippen molar-refractivity contribution in [3.8, 4) is 0 Å². The number of nitrogens with zero attached hydrogens (tertiary/aromatic N) is 5. The van der Waals surface area contributed by atoms with E-state index in [1.54, 1.807) is 24.3 Å². The van der Waals surface area contributed by atoms with Gasteiger partial charge in [-0.3, -0.25) is 25.1 Å². The fourth-order valence-corrected chi connectivity index (χ4v) is 4.67. The molecule has 1 N–H and O–H groups in total. The molecule has 2 aliphatic rings. The zero-order chi connectivity index (χ0) is 26.0.